The van der Waals surface area contributed by atoms with Crippen molar-refractivity contribution in [1.29, 1.82) is 0 Å². The second kappa shape index (κ2) is 8.20. The van der Waals surface area contributed by atoms with Crippen LogP contribution >= 0.6 is 0 Å². The molecule has 2 aromatic carbocycles. The highest BCUT2D eigenvalue weighted by atomic mass is 19.1. The summed E-state index contributed by atoms with van der Waals surface area (Å²) >= 11 is 0. The van der Waals surface area contributed by atoms with Crippen molar-refractivity contribution >= 4 is 17.6 Å². The van der Waals surface area contributed by atoms with Gasteiger partial charge in [0.25, 0.3) is 5.91 Å². The first kappa shape index (κ1) is 21.5. The summed E-state index contributed by atoms with van der Waals surface area (Å²) in [6, 6.07) is 11.0. The number of halogens is 2. The van der Waals surface area contributed by atoms with Crippen molar-refractivity contribution in [3.63, 3.8) is 0 Å². The van der Waals surface area contributed by atoms with Crippen molar-refractivity contribution in [2.75, 3.05) is 13.6 Å². The molecule has 2 aromatic rings. The minimum Gasteiger partial charge on any atom is -0.310 e. The van der Waals surface area contributed by atoms with E-state index in [1.165, 1.54) is 34.1 Å². The van der Waals surface area contributed by atoms with Crippen molar-refractivity contribution in [2.45, 2.75) is 38.5 Å². The maximum atomic E-state index is 13.5. The number of carbonyl (C=O) groups excluding carboxylic acids is 2. The zero-order valence-corrected chi connectivity index (χ0v) is 18.3. The van der Waals surface area contributed by atoms with Gasteiger partial charge in [0.1, 0.15) is 23.8 Å². The molecule has 0 saturated carbocycles. The summed E-state index contributed by atoms with van der Waals surface area (Å²) in [6.45, 7) is 2.84. The molecule has 8 nitrogen and oxygen atoms in total. The van der Waals surface area contributed by atoms with Gasteiger partial charge in [-0.05, 0) is 42.3 Å². The number of nitrogens with zero attached hydrogens (tertiary/aromatic N) is 5. The number of imide groups is 1. The Bertz CT molecular complexity index is 1110. The largest absolute Gasteiger partial charge is 0.328 e. The lowest BCUT2D eigenvalue weighted by atomic mass is 10.1. The van der Waals surface area contributed by atoms with E-state index in [0.717, 1.165) is 11.3 Å². The van der Waals surface area contributed by atoms with Gasteiger partial charge in [-0.1, -0.05) is 24.3 Å². The van der Waals surface area contributed by atoms with Gasteiger partial charge in [0, 0.05) is 19.3 Å². The Hall–Kier alpha value is -3.37. The van der Waals surface area contributed by atoms with Gasteiger partial charge in [-0.3, -0.25) is 20.0 Å². The van der Waals surface area contributed by atoms with Crippen LogP contribution in [0.25, 0.3) is 0 Å². The van der Waals surface area contributed by atoms with E-state index < -0.39 is 24.5 Å². The maximum absolute atomic E-state index is 13.5. The molecule has 10 heteroatoms. The van der Waals surface area contributed by atoms with Crippen LogP contribution in [-0.4, -0.2) is 69.4 Å². The van der Waals surface area contributed by atoms with Crippen molar-refractivity contribution in [3.05, 3.63) is 71.3 Å². The topological polar surface area (TPSA) is 71.5 Å². The lowest BCUT2D eigenvalue weighted by Crippen LogP contribution is -2.66. The smallest absolute Gasteiger partial charge is 0.310 e. The van der Waals surface area contributed by atoms with Gasteiger partial charge in [0.2, 0.25) is 0 Å². The van der Waals surface area contributed by atoms with Gasteiger partial charge < -0.3 is 4.90 Å². The number of hydrazone groups is 1. The first-order chi connectivity index (χ1) is 15.8. The number of amides is 3. The van der Waals surface area contributed by atoms with Crippen LogP contribution in [0.1, 0.15) is 18.1 Å². The predicted molar refractivity (Wildman–Crippen MR) is 116 cm³/mol. The molecule has 5 rings (SSSR count). The number of carbonyl (C=O) groups is 2. The van der Waals surface area contributed by atoms with E-state index in [9.17, 15) is 18.4 Å². The van der Waals surface area contributed by atoms with E-state index in [4.69, 9.17) is 0 Å². The number of benzene rings is 2. The van der Waals surface area contributed by atoms with E-state index in [1.54, 1.807) is 31.3 Å². The second-order valence-corrected chi connectivity index (χ2v) is 8.61. The molecule has 3 atom stereocenters. The highest BCUT2D eigenvalue weighted by molar-refractivity contribution is 6.01. The Balaban J connectivity index is 1.41. The van der Waals surface area contributed by atoms with E-state index in [0.29, 0.717) is 18.7 Å². The van der Waals surface area contributed by atoms with E-state index >= 15 is 0 Å². The molecule has 2 fully saturated rings. The lowest BCUT2D eigenvalue weighted by Gasteiger charge is -2.42. The highest BCUT2D eigenvalue weighted by Gasteiger charge is 2.56. The van der Waals surface area contributed by atoms with Crippen molar-refractivity contribution in [3.8, 4) is 0 Å². The molecular weight excluding hydrogens is 430 g/mol. The summed E-state index contributed by atoms with van der Waals surface area (Å²) in [4.78, 5) is 31.3. The van der Waals surface area contributed by atoms with Crippen molar-refractivity contribution in [2.24, 2.45) is 5.10 Å². The van der Waals surface area contributed by atoms with Gasteiger partial charge in [0.15, 0.2) is 6.29 Å². The molecule has 3 amide bonds. The van der Waals surface area contributed by atoms with Gasteiger partial charge >= 0.3 is 6.03 Å². The summed E-state index contributed by atoms with van der Waals surface area (Å²) in [6.07, 6.45) is -0.921. The van der Waals surface area contributed by atoms with Gasteiger partial charge in [-0.15, -0.1) is 0 Å². The second-order valence-electron chi connectivity index (χ2n) is 8.61. The van der Waals surface area contributed by atoms with Crippen LogP contribution in [0.3, 0.4) is 0 Å². The van der Waals surface area contributed by atoms with E-state index in [-0.39, 0.29) is 24.1 Å². The highest BCUT2D eigenvalue weighted by Crippen LogP contribution is 2.31. The number of fused-ring (bicyclic) bond motifs is 3. The summed E-state index contributed by atoms with van der Waals surface area (Å²) in [7, 11) is 1.66. The Morgan fingerprint density at radius 1 is 0.970 bits per heavy atom. The average Bonchev–Trinajstić information content (AvgIpc) is 3.18. The third kappa shape index (κ3) is 3.85. The minimum absolute atomic E-state index is 0.0659. The number of likely N-dealkylation sites (N-methyl/N-ethyl adjacent to an activating group) is 1. The average molecular weight is 454 g/mol. The molecule has 3 unspecified atom stereocenters. The van der Waals surface area contributed by atoms with Crippen LogP contribution in [-0.2, 0) is 17.9 Å². The third-order valence-electron chi connectivity index (χ3n) is 6.26. The molecule has 172 valence electrons. The quantitative estimate of drug-likeness (QED) is 0.767. The SMILES string of the molecule is CC1=NN(Cc2ccc(F)cc2)C2NC3C(C(=O)N(Cc4ccc(F)cc4)C(=O)N3C)N2C1. The van der Waals surface area contributed by atoms with Gasteiger partial charge in [-0.25, -0.2) is 18.5 Å². The zero-order valence-electron chi connectivity index (χ0n) is 18.3. The molecule has 33 heavy (non-hydrogen) atoms. The van der Waals surface area contributed by atoms with E-state index in [2.05, 4.69) is 10.4 Å². The standard InChI is InChI=1S/C23H24F2N6O2/c1-14-11-29-19-20(26-22(29)31(27-14)13-16-5-9-18(25)10-6-16)28(2)23(33)30(21(19)32)12-15-3-7-17(24)8-4-15/h3-10,19-20,22,26H,11-13H2,1-2H3. The van der Waals surface area contributed by atoms with Crippen LogP contribution in [0.15, 0.2) is 53.6 Å². The fraction of sp³-hybridized carbons (Fsp3) is 0.348. The molecule has 3 heterocycles. The van der Waals surface area contributed by atoms with Crippen LogP contribution < -0.4 is 5.32 Å². The monoisotopic (exact) mass is 454 g/mol. The van der Waals surface area contributed by atoms with Crippen molar-refractivity contribution < 1.29 is 18.4 Å². The summed E-state index contributed by atoms with van der Waals surface area (Å²) in [5, 5.41) is 9.85. The molecule has 2 saturated heterocycles. The fourth-order valence-corrected chi connectivity index (χ4v) is 4.67. The normalized spacial score (nSPS) is 25.3. The number of hydrogen-bond acceptors (Lipinski definition) is 6. The number of nitrogens with one attached hydrogen (secondary N) is 1. The minimum atomic E-state index is -0.598. The number of hydrogen-bond donors (Lipinski definition) is 1. The van der Waals surface area contributed by atoms with E-state index in [1.807, 2.05) is 16.8 Å². The first-order valence-corrected chi connectivity index (χ1v) is 10.7. The predicted octanol–water partition coefficient (Wildman–Crippen LogP) is 2.13. The van der Waals surface area contributed by atoms with Gasteiger partial charge in [-0.2, -0.15) is 5.10 Å². The molecule has 3 aliphatic rings. The van der Waals surface area contributed by atoms with Crippen LogP contribution in [0.2, 0.25) is 0 Å². The molecule has 0 aliphatic carbocycles. The molecule has 0 bridgehead atoms. The van der Waals surface area contributed by atoms with Crippen LogP contribution in [0, 0.1) is 11.6 Å². The first-order valence-electron chi connectivity index (χ1n) is 10.7. The Kier molecular flexibility index (Phi) is 5.34. The Morgan fingerprint density at radius 3 is 2.15 bits per heavy atom. The maximum Gasteiger partial charge on any atom is 0.328 e. The van der Waals surface area contributed by atoms with Crippen LogP contribution in [0.4, 0.5) is 13.6 Å². The number of urea groups is 1. The van der Waals surface area contributed by atoms with Crippen LogP contribution in [0.5, 0.6) is 0 Å². The number of rotatable bonds is 4. The molecule has 0 spiro atoms. The molecule has 1 N–H and O–H groups in total. The fourth-order valence-electron chi connectivity index (χ4n) is 4.67. The Labute approximate surface area is 190 Å². The molecular formula is C23H24F2N6O2. The zero-order chi connectivity index (χ0) is 23.3. The van der Waals surface area contributed by atoms with Crippen molar-refractivity contribution in [1.82, 2.24) is 25.0 Å². The lowest BCUT2D eigenvalue weighted by molar-refractivity contribution is -0.139. The summed E-state index contributed by atoms with van der Waals surface area (Å²) < 4.78 is 26.6. The molecule has 0 aromatic heterocycles. The Morgan fingerprint density at radius 2 is 1.55 bits per heavy atom. The summed E-state index contributed by atoms with van der Waals surface area (Å²) in [5.74, 6) is -0.992. The summed E-state index contributed by atoms with van der Waals surface area (Å²) in [5.41, 5.74) is 2.37. The van der Waals surface area contributed by atoms with Gasteiger partial charge in [0.05, 0.1) is 13.1 Å². The third-order valence-corrected chi connectivity index (χ3v) is 6.26. The molecule has 0 radical (unpaired) electrons. The molecule has 3 aliphatic heterocycles.